The van der Waals surface area contributed by atoms with Gasteiger partial charge in [-0.25, -0.2) is 0 Å². The average molecular weight is 389 g/mol. The first kappa shape index (κ1) is 20.1. The van der Waals surface area contributed by atoms with E-state index < -0.39 is 12.2 Å². The minimum absolute atomic E-state index is 0.0181. The lowest BCUT2D eigenvalue weighted by Gasteiger charge is -2.37. The molecule has 0 N–H and O–H groups in total. The van der Waals surface area contributed by atoms with Crippen LogP contribution < -0.4 is 0 Å². The van der Waals surface area contributed by atoms with Crippen molar-refractivity contribution < 1.29 is 13.5 Å². The lowest BCUT2D eigenvalue weighted by Crippen LogP contribution is -2.28. The van der Waals surface area contributed by atoms with Gasteiger partial charge in [-0.3, -0.25) is 0 Å². The van der Waals surface area contributed by atoms with Crippen molar-refractivity contribution >= 4 is 0 Å². The van der Waals surface area contributed by atoms with Gasteiger partial charge < -0.3 is 4.74 Å². The normalized spacial score (nSPS) is 36.0. The summed E-state index contributed by atoms with van der Waals surface area (Å²) >= 11 is 0. The van der Waals surface area contributed by atoms with Crippen LogP contribution in [0, 0.1) is 17.8 Å². The minimum Gasteiger partial charge on any atom is -0.308 e. The van der Waals surface area contributed by atoms with E-state index in [1.165, 1.54) is 63.9 Å². The Morgan fingerprint density at radius 2 is 1.36 bits per heavy atom. The van der Waals surface area contributed by atoms with Gasteiger partial charge in [-0.1, -0.05) is 50.1 Å². The molecular weight excluding hydrogens is 354 g/mol. The van der Waals surface area contributed by atoms with E-state index in [1.807, 2.05) is 12.1 Å². The zero-order valence-electron chi connectivity index (χ0n) is 17.3. The maximum absolute atomic E-state index is 13.8. The molecule has 1 heterocycles. The lowest BCUT2D eigenvalue weighted by molar-refractivity contribution is -0.243. The Bertz CT molecular complexity index is 677. The Morgan fingerprint density at radius 3 is 1.93 bits per heavy atom. The van der Waals surface area contributed by atoms with Crippen molar-refractivity contribution in [1.29, 1.82) is 0 Å². The van der Waals surface area contributed by atoms with E-state index in [1.54, 1.807) is 6.08 Å². The molecule has 1 aromatic carbocycles. The first-order chi connectivity index (χ1) is 13.4. The molecule has 0 radical (unpaired) electrons. The summed E-state index contributed by atoms with van der Waals surface area (Å²) in [6.45, 7) is 3.83. The molecule has 0 bridgehead atoms. The summed E-state index contributed by atoms with van der Waals surface area (Å²) in [4.78, 5) is 0. The van der Waals surface area contributed by atoms with Crippen LogP contribution in [0.1, 0.15) is 94.8 Å². The molecular formula is C25H34F2O. The number of ether oxygens (including phenoxy) is 1. The second-order valence-electron chi connectivity index (χ2n) is 9.54. The van der Waals surface area contributed by atoms with Crippen molar-refractivity contribution in [2.24, 2.45) is 17.8 Å². The smallest absolute Gasteiger partial charge is 0.308 e. The summed E-state index contributed by atoms with van der Waals surface area (Å²) in [5.74, 6) is 3.44. The summed E-state index contributed by atoms with van der Waals surface area (Å²) in [7, 11) is 0. The maximum Gasteiger partial charge on any atom is 0.379 e. The first-order valence-corrected chi connectivity index (χ1v) is 11.2. The molecule has 2 fully saturated rings. The zero-order valence-corrected chi connectivity index (χ0v) is 17.3. The van der Waals surface area contributed by atoms with E-state index in [0.717, 1.165) is 23.3 Å². The third-order valence-electron chi connectivity index (χ3n) is 7.67. The Kier molecular flexibility index (Phi) is 5.92. The second kappa shape index (κ2) is 8.26. The van der Waals surface area contributed by atoms with Gasteiger partial charge in [-0.15, -0.1) is 0 Å². The molecule has 0 aromatic heterocycles. The van der Waals surface area contributed by atoms with Crippen molar-refractivity contribution in [3.8, 4) is 0 Å². The van der Waals surface area contributed by atoms with Gasteiger partial charge in [0.25, 0.3) is 0 Å². The van der Waals surface area contributed by atoms with E-state index >= 15 is 0 Å². The Hall–Kier alpha value is -1.22. The zero-order chi connectivity index (χ0) is 19.7. The molecule has 1 atom stereocenters. The van der Waals surface area contributed by atoms with E-state index in [9.17, 15) is 8.78 Å². The molecule has 0 saturated heterocycles. The van der Waals surface area contributed by atoms with Crippen LogP contribution >= 0.6 is 0 Å². The van der Waals surface area contributed by atoms with E-state index in [0.29, 0.717) is 12.3 Å². The molecule has 1 aliphatic heterocycles. The predicted octanol–water partition coefficient (Wildman–Crippen LogP) is 7.79. The van der Waals surface area contributed by atoms with Gasteiger partial charge in [-0.2, -0.15) is 8.78 Å². The number of rotatable bonds is 3. The van der Waals surface area contributed by atoms with Gasteiger partial charge in [-0.05, 0) is 86.7 Å². The highest BCUT2D eigenvalue weighted by atomic mass is 19.3. The van der Waals surface area contributed by atoms with Crippen LogP contribution in [0.15, 0.2) is 35.9 Å². The Morgan fingerprint density at radius 1 is 0.821 bits per heavy atom. The molecule has 0 amide bonds. The molecule has 3 heteroatoms. The van der Waals surface area contributed by atoms with E-state index in [-0.39, 0.29) is 5.57 Å². The van der Waals surface area contributed by atoms with Gasteiger partial charge >= 0.3 is 6.11 Å². The largest absolute Gasteiger partial charge is 0.379 e. The van der Waals surface area contributed by atoms with Crippen molar-refractivity contribution in [1.82, 2.24) is 0 Å². The molecule has 28 heavy (non-hydrogen) atoms. The van der Waals surface area contributed by atoms with E-state index in [2.05, 4.69) is 19.1 Å². The Balaban J connectivity index is 1.33. The third-order valence-corrected chi connectivity index (χ3v) is 7.67. The van der Waals surface area contributed by atoms with Gasteiger partial charge in [0.2, 0.25) is 0 Å². The van der Waals surface area contributed by atoms with Crippen LogP contribution in [-0.2, 0) is 4.74 Å². The van der Waals surface area contributed by atoms with Crippen LogP contribution in [0.2, 0.25) is 0 Å². The monoisotopic (exact) mass is 388 g/mol. The number of benzene rings is 1. The number of alkyl halides is 2. The average Bonchev–Trinajstić information content (AvgIpc) is 2.71. The quantitative estimate of drug-likeness (QED) is 0.480. The summed E-state index contributed by atoms with van der Waals surface area (Å²) in [5, 5.41) is 0. The van der Waals surface area contributed by atoms with Gasteiger partial charge in [0.1, 0.15) is 0 Å². The van der Waals surface area contributed by atoms with Crippen LogP contribution in [0.25, 0.3) is 0 Å². The fraction of sp³-hybridized carbons (Fsp3) is 0.680. The standard InChI is InChI=1S/C25H34F2O/c1-17-3-6-19(7-4-17)20-8-10-21(11-9-20)22-12-14-23(15-13-22)24-16-5-18(2)25(26,27)28-24/h5,12-15,17,19-21,24H,3-4,6-11,16H2,1-2H3. The predicted molar refractivity (Wildman–Crippen MR) is 109 cm³/mol. The van der Waals surface area contributed by atoms with Crippen LogP contribution in [-0.4, -0.2) is 6.11 Å². The molecule has 2 saturated carbocycles. The van der Waals surface area contributed by atoms with Crippen LogP contribution in [0.3, 0.4) is 0 Å². The van der Waals surface area contributed by atoms with Crippen LogP contribution in [0.4, 0.5) is 8.78 Å². The summed E-state index contributed by atoms with van der Waals surface area (Å²) < 4.78 is 32.7. The summed E-state index contributed by atoms with van der Waals surface area (Å²) in [5.41, 5.74) is 2.25. The molecule has 1 unspecified atom stereocenters. The van der Waals surface area contributed by atoms with Gasteiger partial charge in [0.15, 0.2) is 0 Å². The van der Waals surface area contributed by atoms with Crippen LogP contribution in [0.5, 0.6) is 0 Å². The third kappa shape index (κ3) is 4.35. The van der Waals surface area contributed by atoms with Gasteiger partial charge in [0, 0.05) is 5.57 Å². The fourth-order valence-electron chi connectivity index (χ4n) is 5.59. The van der Waals surface area contributed by atoms with Crippen molar-refractivity contribution in [3.63, 3.8) is 0 Å². The highest BCUT2D eigenvalue weighted by Gasteiger charge is 2.39. The van der Waals surface area contributed by atoms with Crippen molar-refractivity contribution in [2.75, 3.05) is 0 Å². The highest BCUT2D eigenvalue weighted by Crippen LogP contribution is 2.44. The van der Waals surface area contributed by atoms with Crippen molar-refractivity contribution in [2.45, 2.75) is 89.8 Å². The first-order valence-electron chi connectivity index (χ1n) is 11.2. The number of hydrogen-bond acceptors (Lipinski definition) is 1. The van der Waals surface area contributed by atoms with E-state index in [4.69, 9.17) is 4.74 Å². The fourth-order valence-corrected chi connectivity index (χ4v) is 5.59. The highest BCUT2D eigenvalue weighted by molar-refractivity contribution is 5.28. The lowest BCUT2D eigenvalue weighted by atomic mass is 9.68. The van der Waals surface area contributed by atoms with Gasteiger partial charge in [0.05, 0.1) is 6.10 Å². The summed E-state index contributed by atoms with van der Waals surface area (Å²) in [6.07, 6.45) is 9.41. The second-order valence-corrected chi connectivity index (χ2v) is 9.54. The SMILES string of the molecule is CC1=CCC(c2ccc(C3CCC(C4CCC(C)CC4)CC3)cc2)OC1(F)F. The minimum atomic E-state index is -3.14. The Labute approximate surface area is 168 Å². The molecule has 3 aliphatic rings. The molecule has 1 aromatic rings. The molecule has 4 rings (SSSR count). The molecule has 1 nitrogen and oxygen atoms in total. The molecule has 2 aliphatic carbocycles. The molecule has 0 spiro atoms. The van der Waals surface area contributed by atoms with Crippen molar-refractivity contribution in [3.05, 3.63) is 47.0 Å². The topological polar surface area (TPSA) is 9.23 Å². The number of halogens is 2. The summed E-state index contributed by atoms with van der Waals surface area (Å²) in [6, 6.07) is 8.29. The molecule has 154 valence electrons. The number of hydrogen-bond donors (Lipinski definition) is 0. The maximum atomic E-state index is 13.8.